The first-order valence-electron chi connectivity index (χ1n) is 8.63. The highest BCUT2D eigenvalue weighted by Gasteiger charge is 2.29. The predicted molar refractivity (Wildman–Crippen MR) is 86.8 cm³/mol. The van der Waals surface area contributed by atoms with Gasteiger partial charge in [-0.15, -0.1) is 0 Å². The van der Waals surface area contributed by atoms with Crippen molar-refractivity contribution in [3.63, 3.8) is 0 Å². The first-order chi connectivity index (χ1) is 10.2. The zero-order chi connectivity index (χ0) is 15.2. The number of hydrogen-bond donors (Lipinski definition) is 1. The Labute approximate surface area is 129 Å². The van der Waals surface area contributed by atoms with E-state index >= 15 is 0 Å². The molecule has 2 atom stereocenters. The molecule has 0 spiro atoms. The fourth-order valence-corrected chi connectivity index (χ4v) is 3.70. The maximum absolute atomic E-state index is 12.6. The van der Waals surface area contributed by atoms with E-state index in [1.54, 1.807) is 0 Å². The van der Waals surface area contributed by atoms with E-state index in [4.69, 9.17) is 5.73 Å². The van der Waals surface area contributed by atoms with E-state index in [-0.39, 0.29) is 5.91 Å². The minimum Gasteiger partial charge on any atom is -0.329 e. The smallest absolute Gasteiger partial charge is 0.240 e. The molecule has 120 valence electrons. The number of hydrogen-bond acceptors (Lipinski definition) is 3. The number of amides is 1. The van der Waals surface area contributed by atoms with E-state index in [2.05, 4.69) is 24.8 Å². The fraction of sp³-hybridized carbons (Fsp3) is 0.824. The Balaban J connectivity index is 1.94. The van der Waals surface area contributed by atoms with Gasteiger partial charge in [-0.25, -0.2) is 0 Å². The molecular weight excluding hydrogens is 262 g/mol. The number of piperidine rings is 1. The van der Waals surface area contributed by atoms with E-state index in [0.29, 0.717) is 19.1 Å². The van der Waals surface area contributed by atoms with Gasteiger partial charge in [0.15, 0.2) is 0 Å². The number of allylic oxidation sites excluding steroid dienone is 2. The number of carbonyl (C=O) groups excluding carboxylic acids is 1. The SMILES string of the molecule is CCC1CCN(CC(=O)N(CC)C2=CCCC2)C(CN)C1. The predicted octanol–water partition coefficient (Wildman–Crippen LogP) is 2.35. The molecule has 1 saturated heterocycles. The van der Waals surface area contributed by atoms with Gasteiger partial charge in [0.25, 0.3) is 0 Å². The Morgan fingerprint density at radius 1 is 1.48 bits per heavy atom. The lowest BCUT2D eigenvalue weighted by atomic mass is 9.89. The van der Waals surface area contributed by atoms with Crippen molar-refractivity contribution in [1.29, 1.82) is 0 Å². The maximum atomic E-state index is 12.6. The number of carbonyl (C=O) groups is 1. The highest BCUT2D eigenvalue weighted by Crippen LogP contribution is 2.26. The molecule has 2 aliphatic rings. The fourth-order valence-electron chi connectivity index (χ4n) is 3.70. The number of likely N-dealkylation sites (tertiary alicyclic amines) is 1. The largest absolute Gasteiger partial charge is 0.329 e. The van der Waals surface area contributed by atoms with Crippen LogP contribution in [-0.2, 0) is 4.79 Å². The highest BCUT2D eigenvalue weighted by atomic mass is 16.2. The van der Waals surface area contributed by atoms with Crippen molar-refractivity contribution in [3.8, 4) is 0 Å². The van der Waals surface area contributed by atoms with Crippen LogP contribution in [0.5, 0.6) is 0 Å². The van der Waals surface area contributed by atoms with Gasteiger partial charge in [-0.05, 0) is 51.5 Å². The molecule has 4 nitrogen and oxygen atoms in total. The second-order valence-electron chi connectivity index (χ2n) is 6.38. The lowest BCUT2D eigenvalue weighted by molar-refractivity contribution is -0.131. The molecule has 2 rings (SSSR count). The molecular formula is C17H31N3O. The van der Waals surface area contributed by atoms with Crippen LogP contribution in [0.2, 0.25) is 0 Å². The summed E-state index contributed by atoms with van der Waals surface area (Å²) in [5.74, 6) is 1.03. The van der Waals surface area contributed by atoms with Gasteiger partial charge < -0.3 is 10.6 Å². The third-order valence-corrected chi connectivity index (χ3v) is 5.12. The molecule has 0 saturated carbocycles. The zero-order valence-electron chi connectivity index (χ0n) is 13.7. The molecule has 0 bridgehead atoms. The first kappa shape index (κ1) is 16.5. The van der Waals surface area contributed by atoms with E-state index in [1.165, 1.54) is 25.0 Å². The second kappa shape index (κ2) is 7.95. The van der Waals surface area contributed by atoms with Crippen molar-refractivity contribution in [2.45, 2.75) is 58.4 Å². The molecule has 1 amide bonds. The summed E-state index contributed by atoms with van der Waals surface area (Å²) in [5, 5.41) is 0. The molecule has 0 aromatic carbocycles. The minimum absolute atomic E-state index is 0.249. The lowest BCUT2D eigenvalue weighted by Gasteiger charge is -2.39. The van der Waals surface area contributed by atoms with Crippen molar-refractivity contribution >= 4 is 5.91 Å². The average molecular weight is 293 g/mol. The van der Waals surface area contributed by atoms with Crippen LogP contribution in [-0.4, -0.2) is 47.9 Å². The third-order valence-electron chi connectivity index (χ3n) is 5.12. The summed E-state index contributed by atoms with van der Waals surface area (Å²) in [5.41, 5.74) is 7.17. The van der Waals surface area contributed by atoms with Crippen molar-refractivity contribution in [3.05, 3.63) is 11.8 Å². The first-order valence-corrected chi connectivity index (χ1v) is 8.63. The zero-order valence-corrected chi connectivity index (χ0v) is 13.7. The van der Waals surface area contributed by atoms with Crippen LogP contribution in [0.25, 0.3) is 0 Å². The molecule has 0 radical (unpaired) electrons. The maximum Gasteiger partial charge on any atom is 0.240 e. The van der Waals surface area contributed by atoms with Crippen molar-refractivity contribution in [2.75, 3.05) is 26.2 Å². The topological polar surface area (TPSA) is 49.6 Å². The molecule has 2 N–H and O–H groups in total. The lowest BCUT2D eigenvalue weighted by Crippen LogP contribution is -2.50. The van der Waals surface area contributed by atoms with Gasteiger partial charge in [-0.2, -0.15) is 0 Å². The summed E-state index contributed by atoms with van der Waals surface area (Å²) in [6.07, 6.45) is 9.16. The monoisotopic (exact) mass is 293 g/mol. The molecule has 4 heteroatoms. The van der Waals surface area contributed by atoms with Crippen molar-refractivity contribution in [1.82, 2.24) is 9.80 Å². The van der Waals surface area contributed by atoms with Crippen molar-refractivity contribution in [2.24, 2.45) is 11.7 Å². The Kier molecular flexibility index (Phi) is 6.24. The minimum atomic E-state index is 0.249. The molecule has 1 heterocycles. The molecule has 1 aliphatic heterocycles. The van der Waals surface area contributed by atoms with Crippen LogP contribution < -0.4 is 5.73 Å². The quantitative estimate of drug-likeness (QED) is 0.818. The van der Waals surface area contributed by atoms with Crippen LogP contribution >= 0.6 is 0 Å². The molecule has 2 unspecified atom stereocenters. The van der Waals surface area contributed by atoms with Crippen LogP contribution in [0.15, 0.2) is 11.8 Å². The average Bonchev–Trinajstić information content (AvgIpc) is 3.02. The van der Waals surface area contributed by atoms with Crippen LogP contribution in [0.3, 0.4) is 0 Å². The summed E-state index contributed by atoms with van der Waals surface area (Å²) in [6.45, 7) is 7.32. The summed E-state index contributed by atoms with van der Waals surface area (Å²) >= 11 is 0. The summed E-state index contributed by atoms with van der Waals surface area (Å²) in [7, 11) is 0. The van der Waals surface area contributed by atoms with Gasteiger partial charge in [-0.1, -0.05) is 19.4 Å². The van der Waals surface area contributed by atoms with Crippen LogP contribution in [0, 0.1) is 5.92 Å². The Morgan fingerprint density at radius 2 is 2.29 bits per heavy atom. The number of nitrogens with zero attached hydrogens (tertiary/aromatic N) is 2. The number of nitrogens with two attached hydrogens (primary N) is 1. The van der Waals surface area contributed by atoms with E-state index in [0.717, 1.165) is 38.3 Å². The summed E-state index contributed by atoms with van der Waals surface area (Å²) in [6, 6.07) is 0.379. The van der Waals surface area contributed by atoms with Gasteiger partial charge in [0, 0.05) is 24.8 Å². The van der Waals surface area contributed by atoms with E-state index < -0.39 is 0 Å². The van der Waals surface area contributed by atoms with Gasteiger partial charge in [0.05, 0.1) is 6.54 Å². The van der Waals surface area contributed by atoms with Crippen LogP contribution in [0.1, 0.15) is 52.4 Å². The standard InChI is InChI=1S/C17H31N3O/c1-3-14-9-10-19(16(11-14)12-18)13-17(21)20(4-2)15-7-5-6-8-15/h7,14,16H,3-6,8-13,18H2,1-2H3. The Bertz CT molecular complexity index is 380. The van der Waals surface area contributed by atoms with Crippen molar-refractivity contribution < 1.29 is 4.79 Å². The Hall–Kier alpha value is -0.870. The van der Waals surface area contributed by atoms with Gasteiger partial charge in [0.2, 0.25) is 5.91 Å². The van der Waals surface area contributed by atoms with Gasteiger partial charge in [-0.3, -0.25) is 9.69 Å². The van der Waals surface area contributed by atoms with E-state index in [9.17, 15) is 4.79 Å². The van der Waals surface area contributed by atoms with E-state index in [1.807, 2.05) is 4.90 Å². The second-order valence-corrected chi connectivity index (χ2v) is 6.38. The molecule has 0 aromatic rings. The highest BCUT2D eigenvalue weighted by molar-refractivity contribution is 5.80. The van der Waals surface area contributed by atoms with Gasteiger partial charge >= 0.3 is 0 Å². The summed E-state index contributed by atoms with van der Waals surface area (Å²) in [4.78, 5) is 16.9. The Morgan fingerprint density at radius 3 is 2.86 bits per heavy atom. The molecule has 1 fully saturated rings. The van der Waals surface area contributed by atoms with Crippen LogP contribution in [0.4, 0.5) is 0 Å². The normalized spacial score (nSPS) is 26.7. The number of likely N-dealkylation sites (N-methyl/N-ethyl adjacent to an activating group) is 1. The third kappa shape index (κ3) is 4.07. The molecule has 21 heavy (non-hydrogen) atoms. The molecule has 0 aromatic heterocycles. The number of rotatable bonds is 6. The molecule has 1 aliphatic carbocycles. The summed E-state index contributed by atoms with van der Waals surface area (Å²) < 4.78 is 0. The van der Waals surface area contributed by atoms with Gasteiger partial charge in [0.1, 0.15) is 0 Å².